The molecule has 3 heterocycles. The van der Waals surface area contributed by atoms with Gasteiger partial charge in [0, 0.05) is 43.7 Å². The van der Waals surface area contributed by atoms with Crippen molar-refractivity contribution >= 4 is 32.4 Å². The van der Waals surface area contributed by atoms with Crippen LogP contribution in [0.3, 0.4) is 0 Å². The third-order valence-corrected chi connectivity index (χ3v) is 6.67. The van der Waals surface area contributed by atoms with Gasteiger partial charge in [-0.25, -0.2) is 31.9 Å². The lowest BCUT2D eigenvalue weighted by Gasteiger charge is -2.33. The van der Waals surface area contributed by atoms with Crippen LogP contribution in [0, 0.1) is 12.8 Å². The van der Waals surface area contributed by atoms with Gasteiger partial charge in [0.15, 0.2) is 0 Å². The van der Waals surface area contributed by atoms with E-state index in [1.165, 1.54) is 6.26 Å². The third-order valence-electron chi connectivity index (χ3n) is 5.98. The summed E-state index contributed by atoms with van der Waals surface area (Å²) in [6, 6.07) is 3.85. The minimum Gasteiger partial charge on any atom is -0.365 e. The summed E-state index contributed by atoms with van der Waals surface area (Å²) < 4.78 is 52.7. The van der Waals surface area contributed by atoms with Crippen LogP contribution in [0.5, 0.6) is 0 Å². The number of anilines is 2. The second kappa shape index (κ2) is 7.88. The first kappa shape index (κ1) is 21.2. The fraction of sp³-hybridized carbons (Fsp3) is 0.600. The van der Waals surface area contributed by atoms with Gasteiger partial charge in [0.1, 0.15) is 12.1 Å². The molecule has 0 radical (unpaired) electrons. The largest absolute Gasteiger partial charge is 0.365 e. The first-order valence-corrected chi connectivity index (χ1v) is 12.1. The summed E-state index contributed by atoms with van der Waals surface area (Å²) in [5.41, 5.74) is 2.55. The molecule has 0 saturated carbocycles. The van der Waals surface area contributed by atoms with E-state index in [1.807, 2.05) is 19.1 Å². The molecule has 7 nitrogen and oxygen atoms in total. The fourth-order valence-electron chi connectivity index (χ4n) is 4.32. The zero-order valence-electron chi connectivity index (χ0n) is 17.2. The molecule has 10 heteroatoms. The number of aryl methyl sites for hydroxylation is 1. The average molecular weight is 440 g/mol. The van der Waals surface area contributed by atoms with Gasteiger partial charge in [-0.3, -0.25) is 0 Å². The van der Waals surface area contributed by atoms with Gasteiger partial charge in [0.05, 0.1) is 18.3 Å². The number of nitrogens with one attached hydrogen (secondary N) is 1. The van der Waals surface area contributed by atoms with Gasteiger partial charge < -0.3 is 9.80 Å². The maximum atomic E-state index is 13.7. The second-order valence-corrected chi connectivity index (χ2v) is 10.3. The number of benzene rings is 1. The highest BCUT2D eigenvalue weighted by molar-refractivity contribution is 7.88. The Morgan fingerprint density at radius 2 is 1.90 bits per heavy atom. The van der Waals surface area contributed by atoms with Gasteiger partial charge in [-0.2, -0.15) is 0 Å². The van der Waals surface area contributed by atoms with E-state index in [0.717, 1.165) is 53.9 Å². The Kier molecular flexibility index (Phi) is 5.56. The number of alkyl halides is 2. The highest BCUT2D eigenvalue weighted by atomic mass is 32.2. The van der Waals surface area contributed by atoms with Crippen LogP contribution < -0.4 is 14.5 Å². The number of aromatic nitrogens is 2. The molecule has 2 saturated heterocycles. The van der Waals surface area contributed by atoms with Crippen LogP contribution in [0.15, 0.2) is 18.5 Å². The topological polar surface area (TPSA) is 78.4 Å². The van der Waals surface area contributed by atoms with Crippen LogP contribution in [0.1, 0.15) is 24.8 Å². The van der Waals surface area contributed by atoms with Crippen molar-refractivity contribution in [3.05, 3.63) is 24.0 Å². The number of rotatable bonds is 5. The molecular formula is C20H27F2N5O2S. The van der Waals surface area contributed by atoms with Crippen molar-refractivity contribution < 1.29 is 17.2 Å². The zero-order chi connectivity index (χ0) is 21.5. The minimum absolute atomic E-state index is 0.128. The molecule has 2 aliphatic rings. The quantitative estimate of drug-likeness (QED) is 0.772. The molecule has 30 heavy (non-hydrogen) atoms. The number of halogens is 2. The predicted octanol–water partition coefficient (Wildman–Crippen LogP) is 2.55. The smallest absolute Gasteiger partial charge is 0.266 e. The van der Waals surface area contributed by atoms with Gasteiger partial charge in [-0.1, -0.05) is 0 Å². The van der Waals surface area contributed by atoms with Crippen molar-refractivity contribution in [1.82, 2.24) is 14.7 Å². The average Bonchev–Trinajstić information content (AvgIpc) is 3.06. The molecule has 0 spiro atoms. The zero-order valence-corrected chi connectivity index (χ0v) is 18.1. The van der Waals surface area contributed by atoms with E-state index in [9.17, 15) is 17.2 Å². The van der Waals surface area contributed by atoms with Crippen molar-refractivity contribution in [2.24, 2.45) is 5.92 Å². The molecule has 1 aromatic carbocycles. The Morgan fingerprint density at radius 1 is 1.17 bits per heavy atom. The number of piperidine rings is 1. The van der Waals surface area contributed by atoms with Crippen LogP contribution in [0.2, 0.25) is 0 Å². The van der Waals surface area contributed by atoms with E-state index in [4.69, 9.17) is 0 Å². The Hall–Kier alpha value is -2.07. The molecule has 0 aliphatic carbocycles. The summed E-state index contributed by atoms with van der Waals surface area (Å²) in [6.07, 6.45) is 4.30. The Bertz CT molecular complexity index is 1040. The van der Waals surface area contributed by atoms with E-state index in [2.05, 4.69) is 19.6 Å². The first-order chi connectivity index (χ1) is 14.1. The van der Waals surface area contributed by atoms with Gasteiger partial charge >= 0.3 is 0 Å². The predicted molar refractivity (Wildman–Crippen MR) is 114 cm³/mol. The number of hydrogen-bond acceptors (Lipinski definition) is 6. The molecule has 0 atom stereocenters. The fourth-order valence-corrected chi connectivity index (χ4v) is 4.86. The lowest BCUT2D eigenvalue weighted by molar-refractivity contribution is 0.0257. The molecule has 164 valence electrons. The molecule has 2 aliphatic heterocycles. The van der Waals surface area contributed by atoms with Gasteiger partial charge in [-0.05, 0) is 43.4 Å². The Morgan fingerprint density at radius 3 is 2.53 bits per heavy atom. The molecule has 2 fully saturated rings. The maximum absolute atomic E-state index is 13.7. The van der Waals surface area contributed by atoms with E-state index in [0.29, 0.717) is 13.1 Å². The molecule has 0 unspecified atom stereocenters. The van der Waals surface area contributed by atoms with Crippen molar-refractivity contribution in [2.45, 2.75) is 32.1 Å². The summed E-state index contributed by atoms with van der Waals surface area (Å²) in [6.45, 7) is 3.98. The SMILES string of the molecule is Cc1cc(N2CCC(F)(F)C2)cc2c(N3CCC(CNS(C)(=O)=O)CC3)ncnc12. The normalized spacial score (nSPS) is 20.3. The summed E-state index contributed by atoms with van der Waals surface area (Å²) in [5, 5.41) is 0.871. The number of nitrogens with zero attached hydrogens (tertiary/aromatic N) is 4. The Balaban J connectivity index is 1.56. The Labute approximate surface area is 175 Å². The molecule has 2 aromatic rings. The second-order valence-electron chi connectivity index (χ2n) is 8.43. The van der Waals surface area contributed by atoms with E-state index in [-0.39, 0.29) is 18.9 Å². The van der Waals surface area contributed by atoms with Crippen LogP contribution in [-0.4, -0.2) is 63.3 Å². The number of hydrogen-bond donors (Lipinski definition) is 1. The molecule has 0 bridgehead atoms. The number of sulfonamides is 1. The van der Waals surface area contributed by atoms with Crippen molar-refractivity contribution in [3.8, 4) is 0 Å². The summed E-state index contributed by atoms with van der Waals surface area (Å²) >= 11 is 0. The summed E-state index contributed by atoms with van der Waals surface area (Å²) in [4.78, 5) is 12.8. The van der Waals surface area contributed by atoms with Crippen LogP contribution in [0.4, 0.5) is 20.3 Å². The first-order valence-electron chi connectivity index (χ1n) is 10.2. The van der Waals surface area contributed by atoms with Crippen LogP contribution >= 0.6 is 0 Å². The van der Waals surface area contributed by atoms with Gasteiger partial charge in [0.2, 0.25) is 10.0 Å². The molecular weight excluding hydrogens is 412 g/mol. The van der Waals surface area contributed by atoms with Crippen molar-refractivity contribution in [2.75, 3.05) is 48.8 Å². The van der Waals surface area contributed by atoms with E-state index >= 15 is 0 Å². The minimum atomic E-state index is -3.19. The molecule has 4 rings (SSSR count). The van der Waals surface area contributed by atoms with E-state index < -0.39 is 15.9 Å². The molecule has 1 aromatic heterocycles. The number of fused-ring (bicyclic) bond motifs is 1. The van der Waals surface area contributed by atoms with Crippen molar-refractivity contribution in [1.29, 1.82) is 0 Å². The highest BCUT2D eigenvalue weighted by Crippen LogP contribution is 2.36. The standard InChI is InChI=1S/C20H27F2N5O2S/c1-14-9-16(27-8-5-20(21,22)12-27)10-17-18(14)23-13-24-19(17)26-6-3-15(4-7-26)11-25-30(2,28)29/h9-10,13,15,25H,3-8,11-12H2,1-2H3. The van der Waals surface area contributed by atoms with Crippen LogP contribution in [-0.2, 0) is 10.0 Å². The monoisotopic (exact) mass is 439 g/mol. The lowest BCUT2D eigenvalue weighted by Crippen LogP contribution is -2.38. The maximum Gasteiger partial charge on any atom is 0.266 e. The molecule has 0 amide bonds. The summed E-state index contributed by atoms with van der Waals surface area (Å²) in [7, 11) is -3.19. The molecule has 1 N–H and O–H groups in total. The highest BCUT2D eigenvalue weighted by Gasteiger charge is 2.38. The van der Waals surface area contributed by atoms with Gasteiger partial charge in [0.25, 0.3) is 5.92 Å². The third kappa shape index (κ3) is 4.64. The van der Waals surface area contributed by atoms with E-state index in [1.54, 1.807) is 11.2 Å². The summed E-state index contributed by atoms with van der Waals surface area (Å²) in [5.74, 6) is -1.56. The van der Waals surface area contributed by atoms with Crippen molar-refractivity contribution in [3.63, 3.8) is 0 Å². The lowest BCUT2D eigenvalue weighted by atomic mass is 9.97. The van der Waals surface area contributed by atoms with Gasteiger partial charge in [-0.15, -0.1) is 0 Å². The van der Waals surface area contributed by atoms with Crippen LogP contribution in [0.25, 0.3) is 10.9 Å².